The molecule has 0 radical (unpaired) electrons. The number of aromatic amines is 1. The molecule has 0 aliphatic rings. The third kappa shape index (κ3) is 3.50. The Kier molecular flexibility index (Phi) is 4.21. The summed E-state index contributed by atoms with van der Waals surface area (Å²) >= 11 is 0. The van der Waals surface area contributed by atoms with Crippen LogP contribution in [0.4, 0.5) is 17.5 Å². The van der Waals surface area contributed by atoms with Gasteiger partial charge in [-0.2, -0.15) is 4.98 Å². The molecule has 25 heavy (non-hydrogen) atoms. The van der Waals surface area contributed by atoms with Crippen LogP contribution in [-0.2, 0) is 4.79 Å². The van der Waals surface area contributed by atoms with Gasteiger partial charge in [-0.15, -0.1) is 0 Å². The molecule has 0 aliphatic carbocycles. The van der Waals surface area contributed by atoms with Crippen LogP contribution in [0.25, 0.3) is 10.9 Å². The SMILES string of the molecule is CC(Nc1ncc(C(N)=O)c(Nc2ccc3[nH]ccc3c2)n1)C(N)=O. The first-order valence-electron chi connectivity index (χ1n) is 7.51. The summed E-state index contributed by atoms with van der Waals surface area (Å²) in [6, 6.07) is 6.90. The summed E-state index contributed by atoms with van der Waals surface area (Å²) in [6.07, 6.45) is 3.13. The molecule has 128 valence electrons. The number of hydrogen-bond acceptors (Lipinski definition) is 6. The van der Waals surface area contributed by atoms with Gasteiger partial charge in [-0.3, -0.25) is 9.59 Å². The normalized spacial score (nSPS) is 11.9. The summed E-state index contributed by atoms with van der Waals surface area (Å²) in [7, 11) is 0. The maximum absolute atomic E-state index is 11.6. The molecule has 2 aromatic heterocycles. The molecule has 0 aliphatic heterocycles. The molecular formula is C16H17N7O2. The molecule has 2 heterocycles. The number of H-pyrrole nitrogens is 1. The molecular weight excluding hydrogens is 322 g/mol. The summed E-state index contributed by atoms with van der Waals surface area (Å²) < 4.78 is 0. The molecule has 2 amide bonds. The number of amides is 2. The fraction of sp³-hybridized carbons (Fsp3) is 0.125. The van der Waals surface area contributed by atoms with E-state index in [9.17, 15) is 9.59 Å². The lowest BCUT2D eigenvalue weighted by atomic mass is 10.2. The highest BCUT2D eigenvalue weighted by molar-refractivity contribution is 5.98. The van der Waals surface area contributed by atoms with Gasteiger partial charge in [0.05, 0.1) is 0 Å². The summed E-state index contributed by atoms with van der Waals surface area (Å²) in [5.41, 5.74) is 12.4. The number of hydrogen-bond donors (Lipinski definition) is 5. The van der Waals surface area contributed by atoms with Crippen molar-refractivity contribution in [3.05, 3.63) is 42.2 Å². The first-order chi connectivity index (χ1) is 11.9. The summed E-state index contributed by atoms with van der Waals surface area (Å²) in [6.45, 7) is 1.58. The second-order valence-corrected chi connectivity index (χ2v) is 5.49. The quantitative estimate of drug-likeness (QED) is 0.453. The third-order valence-corrected chi connectivity index (χ3v) is 3.64. The van der Waals surface area contributed by atoms with Crippen molar-refractivity contribution in [3.63, 3.8) is 0 Å². The van der Waals surface area contributed by atoms with Crippen LogP contribution < -0.4 is 22.1 Å². The fourth-order valence-corrected chi connectivity index (χ4v) is 2.26. The Labute approximate surface area is 142 Å². The average molecular weight is 339 g/mol. The number of anilines is 3. The lowest BCUT2D eigenvalue weighted by Crippen LogP contribution is -2.33. The molecule has 0 saturated heterocycles. The number of benzene rings is 1. The highest BCUT2D eigenvalue weighted by Crippen LogP contribution is 2.23. The van der Waals surface area contributed by atoms with Crippen molar-refractivity contribution < 1.29 is 9.59 Å². The van der Waals surface area contributed by atoms with E-state index in [-0.39, 0.29) is 17.3 Å². The van der Waals surface area contributed by atoms with E-state index < -0.39 is 17.9 Å². The van der Waals surface area contributed by atoms with Gasteiger partial charge in [-0.1, -0.05) is 0 Å². The van der Waals surface area contributed by atoms with E-state index in [0.717, 1.165) is 16.6 Å². The molecule has 7 N–H and O–H groups in total. The van der Waals surface area contributed by atoms with Crippen molar-refractivity contribution in [2.45, 2.75) is 13.0 Å². The third-order valence-electron chi connectivity index (χ3n) is 3.64. The topological polar surface area (TPSA) is 152 Å². The van der Waals surface area contributed by atoms with Crippen LogP contribution in [0.5, 0.6) is 0 Å². The van der Waals surface area contributed by atoms with Gasteiger partial charge in [0.25, 0.3) is 5.91 Å². The number of nitrogens with two attached hydrogens (primary N) is 2. The molecule has 9 nitrogen and oxygen atoms in total. The zero-order valence-electron chi connectivity index (χ0n) is 13.4. The Hall–Kier alpha value is -3.62. The van der Waals surface area contributed by atoms with E-state index in [1.807, 2.05) is 30.5 Å². The fourth-order valence-electron chi connectivity index (χ4n) is 2.26. The molecule has 0 saturated carbocycles. The first-order valence-corrected chi connectivity index (χ1v) is 7.51. The maximum Gasteiger partial charge on any atom is 0.254 e. The molecule has 0 fully saturated rings. The average Bonchev–Trinajstić information content (AvgIpc) is 3.02. The summed E-state index contributed by atoms with van der Waals surface area (Å²) in [5, 5.41) is 6.82. The van der Waals surface area contributed by atoms with Crippen LogP contribution in [0.15, 0.2) is 36.7 Å². The summed E-state index contributed by atoms with van der Waals surface area (Å²) in [4.78, 5) is 34.1. The number of fused-ring (bicyclic) bond motifs is 1. The Morgan fingerprint density at radius 2 is 2.04 bits per heavy atom. The van der Waals surface area contributed by atoms with Gasteiger partial charge >= 0.3 is 0 Å². The van der Waals surface area contributed by atoms with Crippen LogP contribution in [0.3, 0.4) is 0 Å². The van der Waals surface area contributed by atoms with Crippen molar-refractivity contribution in [1.29, 1.82) is 0 Å². The molecule has 1 unspecified atom stereocenters. The molecule has 0 bridgehead atoms. The Balaban J connectivity index is 1.93. The monoisotopic (exact) mass is 339 g/mol. The Morgan fingerprint density at radius 3 is 2.76 bits per heavy atom. The number of aromatic nitrogens is 3. The molecule has 3 rings (SSSR count). The van der Waals surface area contributed by atoms with Crippen molar-refractivity contribution in [2.24, 2.45) is 11.5 Å². The van der Waals surface area contributed by atoms with Crippen molar-refractivity contribution in [2.75, 3.05) is 10.6 Å². The number of nitrogens with one attached hydrogen (secondary N) is 3. The zero-order chi connectivity index (χ0) is 18.0. The van der Waals surface area contributed by atoms with E-state index in [0.29, 0.717) is 0 Å². The number of carbonyl (C=O) groups excluding carboxylic acids is 2. The minimum absolute atomic E-state index is 0.131. The summed E-state index contributed by atoms with van der Waals surface area (Å²) in [5.74, 6) is -0.826. The highest BCUT2D eigenvalue weighted by atomic mass is 16.1. The minimum Gasteiger partial charge on any atom is -0.368 e. The van der Waals surface area contributed by atoms with Crippen LogP contribution in [0.2, 0.25) is 0 Å². The van der Waals surface area contributed by atoms with Gasteiger partial charge in [0.15, 0.2) is 0 Å². The second-order valence-electron chi connectivity index (χ2n) is 5.49. The van der Waals surface area contributed by atoms with Crippen LogP contribution >= 0.6 is 0 Å². The van der Waals surface area contributed by atoms with Gasteiger partial charge < -0.3 is 27.1 Å². The lowest BCUT2D eigenvalue weighted by molar-refractivity contribution is -0.118. The Bertz CT molecular complexity index is 951. The number of primary amides is 2. The van der Waals surface area contributed by atoms with Gasteiger partial charge in [-0.05, 0) is 31.2 Å². The van der Waals surface area contributed by atoms with Gasteiger partial charge in [0.2, 0.25) is 11.9 Å². The van der Waals surface area contributed by atoms with Gasteiger partial charge in [0, 0.05) is 29.0 Å². The number of carbonyl (C=O) groups is 2. The lowest BCUT2D eigenvalue weighted by Gasteiger charge is -2.13. The number of nitrogens with zero attached hydrogens (tertiary/aromatic N) is 2. The van der Waals surface area contributed by atoms with Crippen LogP contribution in [0.1, 0.15) is 17.3 Å². The van der Waals surface area contributed by atoms with E-state index >= 15 is 0 Å². The zero-order valence-corrected chi connectivity index (χ0v) is 13.4. The van der Waals surface area contributed by atoms with E-state index in [1.54, 1.807) is 6.92 Å². The minimum atomic E-state index is -0.667. The molecule has 9 heteroatoms. The first kappa shape index (κ1) is 16.2. The second kappa shape index (κ2) is 6.48. The smallest absolute Gasteiger partial charge is 0.254 e. The maximum atomic E-state index is 11.6. The van der Waals surface area contributed by atoms with Crippen molar-refractivity contribution in [3.8, 4) is 0 Å². The van der Waals surface area contributed by atoms with E-state index in [2.05, 4.69) is 25.6 Å². The predicted octanol–water partition coefficient (Wildman–Crippen LogP) is 1.09. The standard InChI is InChI=1S/C16H17N7O2/c1-8(13(17)24)21-16-20-7-11(14(18)25)15(23-16)22-10-2-3-12-9(6-10)4-5-19-12/h2-8,19H,1H3,(H2,17,24)(H2,18,25)(H2,20,21,22,23). The van der Waals surface area contributed by atoms with Crippen molar-refractivity contribution >= 4 is 40.2 Å². The van der Waals surface area contributed by atoms with E-state index in [1.165, 1.54) is 6.20 Å². The van der Waals surface area contributed by atoms with Crippen LogP contribution in [0, 0.1) is 0 Å². The predicted molar refractivity (Wildman–Crippen MR) is 94.4 cm³/mol. The van der Waals surface area contributed by atoms with Crippen molar-refractivity contribution in [1.82, 2.24) is 15.0 Å². The van der Waals surface area contributed by atoms with Gasteiger partial charge in [0.1, 0.15) is 17.4 Å². The molecule has 1 aromatic carbocycles. The molecule has 1 atom stereocenters. The largest absolute Gasteiger partial charge is 0.368 e. The Morgan fingerprint density at radius 1 is 1.24 bits per heavy atom. The van der Waals surface area contributed by atoms with Crippen LogP contribution in [-0.4, -0.2) is 32.8 Å². The van der Waals surface area contributed by atoms with E-state index in [4.69, 9.17) is 11.5 Å². The number of rotatable bonds is 6. The molecule has 0 spiro atoms. The molecule has 3 aromatic rings. The van der Waals surface area contributed by atoms with Gasteiger partial charge in [-0.25, -0.2) is 4.98 Å². The highest BCUT2D eigenvalue weighted by Gasteiger charge is 2.15.